The number of pyridine rings is 1. The van der Waals surface area contributed by atoms with E-state index in [4.69, 9.17) is 4.42 Å². The van der Waals surface area contributed by atoms with Crippen LogP contribution in [0.25, 0.3) is 27.9 Å². The van der Waals surface area contributed by atoms with Crippen molar-refractivity contribution < 1.29 is 33.0 Å². The molecular formula is C23H21IN2OS. The fraction of sp³-hybridized carbons (Fsp3) is 0.174. The fourth-order valence-electron chi connectivity index (χ4n) is 3.86. The van der Waals surface area contributed by atoms with Gasteiger partial charge in [0.1, 0.15) is 17.8 Å². The summed E-state index contributed by atoms with van der Waals surface area (Å²) in [7, 11) is 2.12. The Morgan fingerprint density at radius 1 is 1.11 bits per heavy atom. The SMILES string of the molecule is CC[n+]1c(/C=C2\Sc3oc4ccccc4c3N2C)ccc2cc(C)ccc21.[I-]. The molecule has 5 rings (SSSR count). The molecule has 0 amide bonds. The van der Waals surface area contributed by atoms with E-state index in [1.807, 2.05) is 12.1 Å². The van der Waals surface area contributed by atoms with Gasteiger partial charge in [0, 0.05) is 36.0 Å². The molecule has 0 saturated heterocycles. The first kappa shape index (κ1) is 19.3. The highest BCUT2D eigenvalue weighted by Crippen LogP contribution is 2.50. The predicted molar refractivity (Wildman–Crippen MR) is 113 cm³/mol. The Hall–Kier alpha value is -1.99. The summed E-state index contributed by atoms with van der Waals surface area (Å²) in [5, 5.41) is 4.61. The minimum Gasteiger partial charge on any atom is -1.00 e. The summed E-state index contributed by atoms with van der Waals surface area (Å²) < 4.78 is 8.43. The molecule has 0 aliphatic carbocycles. The third-order valence-corrected chi connectivity index (χ3v) is 6.27. The van der Waals surface area contributed by atoms with E-state index >= 15 is 0 Å². The molecule has 1 aliphatic rings. The molecule has 0 fully saturated rings. The number of hydrogen-bond donors (Lipinski definition) is 0. The number of hydrogen-bond acceptors (Lipinski definition) is 3. The summed E-state index contributed by atoms with van der Waals surface area (Å²) in [6.45, 7) is 5.27. The van der Waals surface area contributed by atoms with Gasteiger partial charge >= 0.3 is 0 Å². The summed E-state index contributed by atoms with van der Waals surface area (Å²) in [4.78, 5) is 2.24. The van der Waals surface area contributed by atoms with E-state index in [0.29, 0.717) is 0 Å². The van der Waals surface area contributed by atoms with E-state index in [2.05, 4.69) is 78.9 Å². The summed E-state index contributed by atoms with van der Waals surface area (Å²) in [5.41, 5.74) is 5.88. The molecule has 0 N–H and O–H groups in total. The number of nitrogens with zero attached hydrogens (tertiary/aromatic N) is 2. The molecule has 3 nitrogen and oxygen atoms in total. The van der Waals surface area contributed by atoms with Crippen molar-refractivity contribution in [2.24, 2.45) is 0 Å². The lowest BCUT2D eigenvalue weighted by atomic mass is 10.1. The Balaban J connectivity index is 0.00000192. The maximum atomic E-state index is 6.06. The van der Waals surface area contributed by atoms with Gasteiger partial charge in [0.15, 0.2) is 5.09 Å². The summed E-state index contributed by atoms with van der Waals surface area (Å²) in [5.74, 6) is 0. The van der Waals surface area contributed by atoms with Gasteiger partial charge in [-0.1, -0.05) is 23.8 Å². The van der Waals surface area contributed by atoms with Crippen molar-refractivity contribution >= 4 is 45.4 Å². The van der Waals surface area contributed by atoms with Crippen LogP contribution in [0.15, 0.2) is 69.1 Å². The molecule has 1 aliphatic heterocycles. The van der Waals surface area contributed by atoms with Crippen LogP contribution in [-0.4, -0.2) is 7.05 Å². The van der Waals surface area contributed by atoms with Crippen molar-refractivity contribution in [3.63, 3.8) is 0 Å². The van der Waals surface area contributed by atoms with Crippen LogP contribution in [-0.2, 0) is 6.54 Å². The van der Waals surface area contributed by atoms with Crippen LogP contribution >= 0.6 is 11.8 Å². The zero-order chi connectivity index (χ0) is 18.5. The molecule has 2 aromatic heterocycles. The topological polar surface area (TPSA) is 20.3 Å². The van der Waals surface area contributed by atoms with E-state index in [1.165, 1.54) is 38.3 Å². The minimum atomic E-state index is 0. The Kier molecular flexibility index (Phi) is 5.14. The van der Waals surface area contributed by atoms with Gasteiger partial charge in [0.2, 0.25) is 11.2 Å². The first-order valence-corrected chi connectivity index (χ1v) is 10.1. The monoisotopic (exact) mass is 500 g/mol. The average molecular weight is 500 g/mol. The number of rotatable bonds is 2. The van der Waals surface area contributed by atoms with E-state index in [9.17, 15) is 0 Å². The van der Waals surface area contributed by atoms with Gasteiger partial charge in [-0.05, 0) is 49.9 Å². The van der Waals surface area contributed by atoms with Gasteiger partial charge in [-0.3, -0.25) is 0 Å². The minimum absolute atomic E-state index is 0. The van der Waals surface area contributed by atoms with Crippen LogP contribution in [0.5, 0.6) is 0 Å². The lowest BCUT2D eigenvalue weighted by Crippen LogP contribution is -3.00. The van der Waals surface area contributed by atoms with Gasteiger partial charge in [0.25, 0.3) is 0 Å². The Bertz CT molecular complexity index is 1230. The van der Waals surface area contributed by atoms with E-state index in [0.717, 1.165) is 17.2 Å². The molecule has 0 radical (unpaired) electrons. The zero-order valence-corrected chi connectivity index (χ0v) is 19.0. The second kappa shape index (κ2) is 7.44. The lowest BCUT2D eigenvalue weighted by molar-refractivity contribution is -0.669. The lowest BCUT2D eigenvalue weighted by Gasteiger charge is -2.13. The van der Waals surface area contributed by atoms with Gasteiger partial charge in [-0.2, -0.15) is 4.57 Å². The van der Waals surface area contributed by atoms with Gasteiger partial charge in [0.05, 0.1) is 5.03 Å². The number of anilines is 1. The molecule has 0 spiro atoms. The molecule has 0 bridgehead atoms. The molecule has 0 saturated carbocycles. The summed E-state index contributed by atoms with van der Waals surface area (Å²) >= 11 is 1.70. The van der Waals surface area contributed by atoms with Crippen LogP contribution < -0.4 is 33.4 Å². The number of aromatic nitrogens is 1. The average Bonchev–Trinajstić information content (AvgIpc) is 3.18. The molecule has 28 heavy (non-hydrogen) atoms. The van der Waals surface area contributed by atoms with Gasteiger partial charge < -0.3 is 33.3 Å². The summed E-state index contributed by atoms with van der Waals surface area (Å²) in [6.07, 6.45) is 2.26. The Labute approximate surface area is 186 Å². The molecule has 3 heterocycles. The number of benzene rings is 2. The highest BCUT2D eigenvalue weighted by molar-refractivity contribution is 8.03. The smallest absolute Gasteiger partial charge is 0.212 e. The largest absolute Gasteiger partial charge is 1.00 e. The Morgan fingerprint density at radius 3 is 2.75 bits per heavy atom. The van der Waals surface area contributed by atoms with Gasteiger partial charge in [-0.15, -0.1) is 0 Å². The second-order valence-corrected chi connectivity index (χ2v) is 7.94. The highest BCUT2D eigenvalue weighted by Gasteiger charge is 2.29. The van der Waals surface area contributed by atoms with Crippen LogP contribution in [0.1, 0.15) is 18.2 Å². The molecule has 2 aromatic carbocycles. The number of para-hydroxylation sites is 1. The number of fused-ring (bicyclic) bond motifs is 4. The standard InChI is InChI=1S/C23H21N2OS.HI/c1-4-25-17(11-10-16-13-15(2)9-12-19(16)25)14-21-24(3)22-18-7-5-6-8-20(18)26-23(22)27-21;/h5-14H,4H2,1-3H3;1H/q+1;/p-1. The Morgan fingerprint density at radius 2 is 1.93 bits per heavy atom. The summed E-state index contributed by atoms with van der Waals surface area (Å²) in [6, 6.07) is 19.3. The van der Waals surface area contributed by atoms with Crippen molar-refractivity contribution in [3.8, 4) is 0 Å². The van der Waals surface area contributed by atoms with Crippen LogP contribution in [0, 0.1) is 6.92 Å². The van der Waals surface area contributed by atoms with E-state index in [-0.39, 0.29) is 24.0 Å². The maximum absolute atomic E-state index is 6.06. The van der Waals surface area contributed by atoms with Crippen molar-refractivity contribution in [1.29, 1.82) is 0 Å². The quantitative estimate of drug-likeness (QED) is 0.312. The highest BCUT2D eigenvalue weighted by atomic mass is 127. The zero-order valence-electron chi connectivity index (χ0n) is 16.1. The normalized spacial score (nSPS) is 14.7. The van der Waals surface area contributed by atoms with E-state index in [1.54, 1.807) is 11.8 Å². The van der Waals surface area contributed by atoms with Crippen LogP contribution in [0.3, 0.4) is 0 Å². The molecule has 0 atom stereocenters. The first-order valence-electron chi connectivity index (χ1n) is 9.23. The molecule has 4 aromatic rings. The maximum Gasteiger partial charge on any atom is 0.212 e. The third kappa shape index (κ3) is 3.01. The second-order valence-electron chi connectivity index (χ2n) is 6.94. The number of halogens is 1. The van der Waals surface area contributed by atoms with Crippen molar-refractivity contribution in [2.45, 2.75) is 25.5 Å². The first-order chi connectivity index (χ1) is 13.2. The fourth-order valence-corrected chi connectivity index (χ4v) is 4.93. The number of furan rings is 1. The predicted octanol–water partition coefficient (Wildman–Crippen LogP) is 2.75. The molecule has 0 unspecified atom stereocenters. The van der Waals surface area contributed by atoms with Crippen LogP contribution in [0.2, 0.25) is 0 Å². The van der Waals surface area contributed by atoms with E-state index < -0.39 is 0 Å². The van der Waals surface area contributed by atoms with Crippen LogP contribution in [0.4, 0.5) is 5.69 Å². The molecular weight excluding hydrogens is 479 g/mol. The molecule has 5 heteroatoms. The van der Waals surface area contributed by atoms with Crippen molar-refractivity contribution in [3.05, 3.63) is 70.9 Å². The number of aryl methyl sites for hydroxylation is 2. The molecule has 142 valence electrons. The van der Waals surface area contributed by atoms with Gasteiger partial charge in [-0.25, -0.2) is 0 Å². The van der Waals surface area contributed by atoms with Crippen molar-refractivity contribution in [2.75, 3.05) is 11.9 Å². The third-order valence-electron chi connectivity index (χ3n) is 5.21. The van der Waals surface area contributed by atoms with Crippen molar-refractivity contribution in [1.82, 2.24) is 0 Å². The number of thioether (sulfide) groups is 1.